The number of halogens is 1. The molecular weight excluding hydrogens is 305 g/mol. The number of aromatic nitrogens is 3. The number of anilines is 2. The van der Waals surface area contributed by atoms with Crippen molar-refractivity contribution in [1.29, 1.82) is 0 Å². The Morgan fingerprint density at radius 2 is 1.96 bits per heavy atom. The summed E-state index contributed by atoms with van der Waals surface area (Å²) >= 11 is 0. The van der Waals surface area contributed by atoms with Crippen molar-refractivity contribution < 1.29 is 4.39 Å². The van der Waals surface area contributed by atoms with Crippen LogP contribution in [0.25, 0.3) is 11.0 Å². The van der Waals surface area contributed by atoms with Crippen molar-refractivity contribution in [1.82, 2.24) is 15.0 Å². The van der Waals surface area contributed by atoms with Gasteiger partial charge in [-0.3, -0.25) is 0 Å². The van der Waals surface area contributed by atoms with Crippen LogP contribution in [-0.4, -0.2) is 34.1 Å². The molecule has 24 heavy (non-hydrogen) atoms. The molecule has 0 atom stereocenters. The number of nitrogens with one attached hydrogen (secondary N) is 2. The van der Waals surface area contributed by atoms with Gasteiger partial charge in [-0.1, -0.05) is 12.1 Å². The molecule has 1 fully saturated rings. The summed E-state index contributed by atoms with van der Waals surface area (Å²) in [7, 11) is 0. The number of para-hydroxylation sites is 1. The first-order valence-corrected chi connectivity index (χ1v) is 8.28. The second-order valence-corrected chi connectivity index (χ2v) is 6.22. The summed E-state index contributed by atoms with van der Waals surface area (Å²) < 4.78 is 13.8. The minimum absolute atomic E-state index is 0.194. The molecule has 0 saturated carbocycles. The van der Waals surface area contributed by atoms with E-state index < -0.39 is 0 Å². The first kappa shape index (κ1) is 14.9. The van der Waals surface area contributed by atoms with Crippen molar-refractivity contribution in [3.05, 3.63) is 48.2 Å². The molecule has 4 rings (SSSR count). The molecule has 0 spiro atoms. The number of piperidine rings is 1. The van der Waals surface area contributed by atoms with Crippen LogP contribution >= 0.6 is 0 Å². The molecule has 124 valence electrons. The fraction of sp³-hybridized carbons (Fsp3) is 0.333. The predicted octanol–water partition coefficient (Wildman–Crippen LogP) is 3.49. The highest BCUT2D eigenvalue weighted by Gasteiger charge is 2.22. The van der Waals surface area contributed by atoms with E-state index in [1.807, 2.05) is 25.3 Å². The van der Waals surface area contributed by atoms with Crippen molar-refractivity contribution >= 4 is 22.5 Å². The van der Waals surface area contributed by atoms with E-state index in [0.717, 1.165) is 48.6 Å². The first-order valence-electron chi connectivity index (χ1n) is 8.28. The minimum Gasteiger partial charge on any atom is -0.380 e. The Morgan fingerprint density at radius 3 is 2.75 bits per heavy atom. The number of aromatic amines is 1. The zero-order valence-electron chi connectivity index (χ0n) is 13.6. The van der Waals surface area contributed by atoms with E-state index in [-0.39, 0.29) is 11.9 Å². The molecule has 0 unspecified atom stereocenters. The number of hydrogen-bond acceptors (Lipinski definition) is 4. The number of nitrogens with zero attached hydrogens (tertiary/aromatic N) is 3. The quantitative estimate of drug-likeness (QED) is 0.774. The molecule has 0 aliphatic carbocycles. The third-order valence-electron chi connectivity index (χ3n) is 4.54. The second-order valence-electron chi connectivity index (χ2n) is 6.22. The van der Waals surface area contributed by atoms with Gasteiger partial charge in [0.25, 0.3) is 0 Å². The summed E-state index contributed by atoms with van der Waals surface area (Å²) in [5, 5.41) is 4.38. The average molecular weight is 325 g/mol. The van der Waals surface area contributed by atoms with Gasteiger partial charge in [-0.15, -0.1) is 0 Å². The lowest BCUT2D eigenvalue weighted by molar-refractivity contribution is 0.520. The first-order chi connectivity index (χ1) is 11.7. The Bertz CT molecular complexity index is 851. The summed E-state index contributed by atoms with van der Waals surface area (Å²) in [4.78, 5) is 14.5. The number of aryl methyl sites for hydroxylation is 1. The number of H-pyrrole nitrogens is 1. The van der Waals surface area contributed by atoms with Crippen molar-refractivity contribution in [2.45, 2.75) is 25.8 Å². The third-order valence-corrected chi connectivity index (χ3v) is 4.54. The van der Waals surface area contributed by atoms with Crippen molar-refractivity contribution in [2.75, 3.05) is 23.3 Å². The van der Waals surface area contributed by atoms with Crippen LogP contribution in [0.2, 0.25) is 0 Å². The average Bonchev–Trinajstić information content (AvgIpc) is 3.05. The minimum atomic E-state index is -0.194. The van der Waals surface area contributed by atoms with E-state index in [1.54, 1.807) is 12.1 Å². The van der Waals surface area contributed by atoms with Crippen molar-refractivity contribution in [2.24, 2.45) is 0 Å². The van der Waals surface area contributed by atoms with Crippen LogP contribution in [0.4, 0.5) is 15.9 Å². The molecule has 3 aromatic rings. The highest BCUT2D eigenvalue weighted by Crippen LogP contribution is 2.27. The Hall–Kier alpha value is -2.63. The van der Waals surface area contributed by atoms with Gasteiger partial charge in [0.05, 0.1) is 11.1 Å². The van der Waals surface area contributed by atoms with E-state index in [4.69, 9.17) is 0 Å². The van der Waals surface area contributed by atoms with Crippen LogP contribution in [0, 0.1) is 12.7 Å². The van der Waals surface area contributed by atoms with E-state index in [9.17, 15) is 4.39 Å². The highest BCUT2D eigenvalue weighted by molar-refractivity contribution is 5.87. The molecule has 3 heterocycles. The Labute approximate surface area is 139 Å². The van der Waals surface area contributed by atoms with E-state index in [1.165, 1.54) is 6.07 Å². The monoisotopic (exact) mass is 325 g/mol. The lowest BCUT2D eigenvalue weighted by Crippen LogP contribution is -2.39. The summed E-state index contributed by atoms with van der Waals surface area (Å²) in [5.41, 5.74) is 1.46. The van der Waals surface area contributed by atoms with E-state index in [2.05, 4.69) is 25.2 Å². The predicted molar refractivity (Wildman–Crippen MR) is 93.9 cm³/mol. The zero-order chi connectivity index (χ0) is 16.5. The normalized spacial score (nSPS) is 15.8. The van der Waals surface area contributed by atoms with Crippen LogP contribution in [0.1, 0.15) is 18.7 Å². The van der Waals surface area contributed by atoms with Crippen molar-refractivity contribution in [3.63, 3.8) is 0 Å². The molecule has 2 N–H and O–H groups in total. The van der Waals surface area contributed by atoms with E-state index in [0.29, 0.717) is 5.69 Å². The maximum Gasteiger partial charge on any atom is 0.146 e. The number of fused-ring (bicyclic) bond motifs is 1. The maximum absolute atomic E-state index is 13.8. The zero-order valence-corrected chi connectivity index (χ0v) is 13.6. The van der Waals surface area contributed by atoms with Gasteiger partial charge in [0.1, 0.15) is 23.1 Å². The van der Waals surface area contributed by atoms with Gasteiger partial charge >= 0.3 is 0 Å². The smallest absolute Gasteiger partial charge is 0.146 e. The van der Waals surface area contributed by atoms with Crippen LogP contribution in [0.15, 0.2) is 36.5 Å². The number of benzene rings is 1. The van der Waals surface area contributed by atoms with Crippen LogP contribution in [0.5, 0.6) is 0 Å². The fourth-order valence-corrected chi connectivity index (χ4v) is 3.31. The highest BCUT2D eigenvalue weighted by atomic mass is 19.1. The lowest BCUT2D eigenvalue weighted by atomic mass is 10.0. The molecule has 1 aliphatic rings. The van der Waals surface area contributed by atoms with E-state index >= 15 is 0 Å². The Morgan fingerprint density at radius 1 is 1.17 bits per heavy atom. The largest absolute Gasteiger partial charge is 0.380 e. The van der Waals surface area contributed by atoms with Gasteiger partial charge in [0.2, 0.25) is 0 Å². The molecule has 1 aliphatic heterocycles. The number of rotatable bonds is 3. The molecule has 0 bridgehead atoms. The summed E-state index contributed by atoms with van der Waals surface area (Å²) in [6.45, 7) is 3.70. The SMILES string of the molecule is Cc1nc(N2CCC(Nc3ccccc3F)CC2)c2cc[nH]c2n1. The van der Waals surface area contributed by atoms with Gasteiger partial charge in [-0.05, 0) is 38.0 Å². The fourth-order valence-electron chi connectivity index (χ4n) is 3.31. The molecule has 0 radical (unpaired) electrons. The van der Waals surface area contributed by atoms with Crippen LogP contribution in [-0.2, 0) is 0 Å². The van der Waals surface area contributed by atoms with Gasteiger partial charge in [-0.25, -0.2) is 14.4 Å². The topological polar surface area (TPSA) is 56.8 Å². The van der Waals surface area contributed by atoms with Gasteiger partial charge < -0.3 is 15.2 Å². The van der Waals surface area contributed by atoms with Crippen molar-refractivity contribution in [3.8, 4) is 0 Å². The van der Waals surface area contributed by atoms with Gasteiger partial charge in [-0.2, -0.15) is 0 Å². The molecule has 1 saturated heterocycles. The standard InChI is InChI=1S/C18H20FN5/c1-12-21-17-14(6-9-20-17)18(22-12)24-10-7-13(8-11-24)23-16-5-3-2-4-15(16)19/h2-6,9,13,23H,7-8,10-11H2,1H3,(H,20,21,22). The van der Waals surface area contributed by atoms with Gasteiger partial charge in [0.15, 0.2) is 0 Å². The maximum atomic E-state index is 13.8. The Kier molecular flexibility index (Phi) is 3.80. The summed E-state index contributed by atoms with van der Waals surface area (Å²) in [6, 6.07) is 9.15. The summed E-state index contributed by atoms with van der Waals surface area (Å²) in [6.07, 6.45) is 3.79. The lowest BCUT2D eigenvalue weighted by Gasteiger charge is -2.34. The summed E-state index contributed by atoms with van der Waals surface area (Å²) in [5.74, 6) is 1.56. The second kappa shape index (κ2) is 6.11. The number of hydrogen-bond donors (Lipinski definition) is 2. The van der Waals surface area contributed by atoms with Gasteiger partial charge in [0, 0.05) is 25.3 Å². The molecule has 2 aromatic heterocycles. The molecule has 5 nitrogen and oxygen atoms in total. The third kappa shape index (κ3) is 2.79. The van der Waals surface area contributed by atoms with Crippen LogP contribution in [0.3, 0.4) is 0 Å². The molecule has 1 aromatic carbocycles. The molecular formula is C18H20FN5. The molecule has 6 heteroatoms. The molecule has 0 amide bonds. The Balaban J connectivity index is 1.48. The van der Waals surface area contributed by atoms with Crippen LogP contribution < -0.4 is 10.2 Å².